The average Bonchev–Trinajstić information content (AvgIpc) is 3.10. The Morgan fingerprint density at radius 2 is 2.14 bits per heavy atom. The molecule has 3 rings (SSSR count). The maximum absolute atomic E-state index is 13.8. The second-order valence-electron chi connectivity index (χ2n) is 4.45. The highest BCUT2D eigenvalue weighted by atomic mass is 35.5. The molecule has 8 heteroatoms. The van der Waals surface area contributed by atoms with Gasteiger partial charge in [0, 0.05) is 10.9 Å². The minimum Gasteiger partial charge on any atom is -0.382 e. The molecule has 3 aromatic rings. The topological polar surface area (TPSA) is 80.6 Å². The minimum atomic E-state index is -0.290. The summed E-state index contributed by atoms with van der Waals surface area (Å²) in [6, 6.07) is 8.22. The van der Waals surface area contributed by atoms with E-state index in [1.54, 1.807) is 34.5 Å². The van der Waals surface area contributed by atoms with Crippen molar-refractivity contribution in [2.75, 3.05) is 0 Å². The van der Waals surface area contributed by atoms with Gasteiger partial charge in [-0.1, -0.05) is 18.2 Å². The molecule has 2 heterocycles. The van der Waals surface area contributed by atoms with Crippen molar-refractivity contribution in [2.45, 2.75) is 6.54 Å². The summed E-state index contributed by atoms with van der Waals surface area (Å²) in [6.07, 6.45) is 0. The van der Waals surface area contributed by atoms with Gasteiger partial charge in [-0.2, -0.15) is 5.10 Å². The molecule has 5 nitrogen and oxygen atoms in total. The zero-order valence-electron chi connectivity index (χ0n) is 11.4. The molecule has 0 unspecified atom stereocenters. The maximum atomic E-state index is 13.8. The zero-order chi connectivity index (χ0) is 14.8. The molecule has 0 spiro atoms. The summed E-state index contributed by atoms with van der Waals surface area (Å²) in [6.45, 7) is 0.257. The van der Waals surface area contributed by atoms with E-state index < -0.39 is 0 Å². The molecule has 3 N–H and O–H groups in total. The largest absolute Gasteiger partial charge is 0.382 e. The van der Waals surface area contributed by atoms with Crippen molar-refractivity contribution in [3.63, 3.8) is 0 Å². The first kappa shape index (κ1) is 16.1. The van der Waals surface area contributed by atoms with E-state index in [9.17, 15) is 4.39 Å². The monoisotopic (exact) mass is 337 g/mol. The number of nitrogens with zero attached hydrogens (tertiary/aromatic N) is 3. The van der Waals surface area contributed by atoms with E-state index >= 15 is 0 Å². The Morgan fingerprint density at radius 1 is 1.36 bits per heavy atom. The zero-order valence-corrected chi connectivity index (χ0v) is 13.0. The number of aromatic nitrogens is 3. The predicted molar refractivity (Wildman–Crippen MR) is 87.1 cm³/mol. The molecule has 0 bridgehead atoms. The number of benzene rings is 1. The van der Waals surface area contributed by atoms with E-state index in [-0.39, 0.29) is 30.6 Å². The summed E-state index contributed by atoms with van der Waals surface area (Å²) >= 11 is 1.46. The minimum absolute atomic E-state index is 0. The molecule has 0 radical (unpaired) electrons. The van der Waals surface area contributed by atoms with Crippen molar-refractivity contribution in [1.82, 2.24) is 14.8 Å². The maximum Gasteiger partial charge on any atom is 0.143 e. The molecule has 2 aromatic heterocycles. The average molecular weight is 338 g/mol. The summed E-state index contributed by atoms with van der Waals surface area (Å²) in [5, 5.41) is 13.6. The van der Waals surface area contributed by atoms with Crippen LogP contribution in [0.3, 0.4) is 0 Å². The normalized spacial score (nSPS) is 10.2. The first-order valence-electron chi connectivity index (χ1n) is 6.19. The summed E-state index contributed by atoms with van der Waals surface area (Å²) in [4.78, 5) is 4.24. The first-order valence-corrected chi connectivity index (χ1v) is 7.13. The molecule has 22 heavy (non-hydrogen) atoms. The highest BCUT2D eigenvalue weighted by Crippen LogP contribution is 2.22. The molecular formula is C14H13ClFN5S. The second-order valence-corrected chi connectivity index (χ2v) is 5.17. The Balaban J connectivity index is 0.00000176. The van der Waals surface area contributed by atoms with Crippen LogP contribution >= 0.6 is 23.7 Å². The number of halogens is 2. The van der Waals surface area contributed by atoms with Crippen molar-refractivity contribution in [2.24, 2.45) is 5.73 Å². The Labute approximate surface area is 136 Å². The lowest BCUT2D eigenvalue weighted by molar-refractivity contribution is 0.586. The standard InChI is InChI=1S/C14H12FN5S.ClH/c15-10-4-2-1-3-9(10)6-20-13(12-7-21-8-18-12)5-11(19-20)14(16)17;/h1-5,7-8H,6H2,(H3,16,17);1H. The number of hydrogen-bond acceptors (Lipinski definition) is 4. The SMILES string of the molecule is Cl.N=C(N)c1cc(-c2cscn2)n(Cc2ccccc2F)n1. The first-order chi connectivity index (χ1) is 10.1. The fourth-order valence-electron chi connectivity index (χ4n) is 2.00. The number of nitrogens with two attached hydrogens (primary N) is 1. The van der Waals surface area contributed by atoms with Crippen LogP contribution in [-0.2, 0) is 6.54 Å². The highest BCUT2D eigenvalue weighted by Gasteiger charge is 2.14. The molecule has 0 fully saturated rings. The van der Waals surface area contributed by atoms with Gasteiger partial charge in [-0.05, 0) is 12.1 Å². The van der Waals surface area contributed by atoms with Gasteiger partial charge in [0.05, 0.1) is 23.4 Å². The molecule has 0 saturated heterocycles. The summed E-state index contributed by atoms with van der Waals surface area (Å²) in [5.74, 6) is -0.416. The van der Waals surface area contributed by atoms with Crippen LogP contribution in [0.2, 0.25) is 0 Å². The van der Waals surface area contributed by atoms with Crippen LogP contribution < -0.4 is 5.73 Å². The molecule has 1 aromatic carbocycles. The van der Waals surface area contributed by atoms with E-state index in [1.165, 1.54) is 17.4 Å². The lowest BCUT2D eigenvalue weighted by Gasteiger charge is -2.06. The lowest BCUT2D eigenvalue weighted by Crippen LogP contribution is -2.13. The smallest absolute Gasteiger partial charge is 0.143 e. The number of nitrogens with one attached hydrogen (secondary N) is 1. The van der Waals surface area contributed by atoms with Gasteiger partial charge >= 0.3 is 0 Å². The number of amidine groups is 1. The molecular weight excluding hydrogens is 325 g/mol. The molecule has 0 atom stereocenters. The van der Waals surface area contributed by atoms with Gasteiger partial charge in [0.15, 0.2) is 0 Å². The van der Waals surface area contributed by atoms with Gasteiger partial charge in [0.1, 0.15) is 17.3 Å². The Morgan fingerprint density at radius 3 is 2.77 bits per heavy atom. The van der Waals surface area contributed by atoms with Crippen LogP contribution in [0.25, 0.3) is 11.4 Å². The Hall–Kier alpha value is -2.25. The molecule has 0 aliphatic rings. The lowest BCUT2D eigenvalue weighted by atomic mass is 10.2. The molecule has 0 aliphatic heterocycles. The molecule has 114 valence electrons. The number of hydrogen-bond donors (Lipinski definition) is 2. The van der Waals surface area contributed by atoms with Gasteiger partial charge in [-0.3, -0.25) is 10.1 Å². The molecule has 0 aliphatic carbocycles. The molecule has 0 amide bonds. The van der Waals surface area contributed by atoms with Crippen molar-refractivity contribution in [1.29, 1.82) is 5.41 Å². The van der Waals surface area contributed by atoms with E-state index in [0.717, 1.165) is 5.69 Å². The Bertz CT molecular complexity index is 784. The van der Waals surface area contributed by atoms with Crippen LogP contribution in [0.4, 0.5) is 4.39 Å². The molecule has 0 saturated carbocycles. The predicted octanol–water partition coefficient (Wildman–Crippen LogP) is 2.90. The van der Waals surface area contributed by atoms with Gasteiger partial charge in [0.2, 0.25) is 0 Å². The highest BCUT2D eigenvalue weighted by molar-refractivity contribution is 7.07. The quantitative estimate of drug-likeness (QED) is 0.567. The van der Waals surface area contributed by atoms with Crippen molar-refractivity contribution < 1.29 is 4.39 Å². The summed E-state index contributed by atoms with van der Waals surface area (Å²) in [7, 11) is 0. The van der Waals surface area contributed by atoms with Gasteiger partial charge < -0.3 is 5.73 Å². The van der Waals surface area contributed by atoms with Crippen LogP contribution in [0.5, 0.6) is 0 Å². The number of rotatable bonds is 4. The Kier molecular flexibility index (Phi) is 4.89. The third-order valence-corrected chi connectivity index (χ3v) is 3.62. The van der Waals surface area contributed by atoms with Crippen molar-refractivity contribution in [3.8, 4) is 11.4 Å². The number of thiazole rings is 1. The van der Waals surface area contributed by atoms with E-state index in [1.807, 2.05) is 5.38 Å². The van der Waals surface area contributed by atoms with Crippen molar-refractivity contribution >= 4 is 29.6 Å². The van der Waals surface area contributed by atoms with E-state index in [4.69, 9.17) is 11.1 Å². The fourth-order valence-corrected chi connectivity index (χ4v) is 2.55. The van der Waals surface area contributed by atoms with Gasteiger partial charge in [-0.25, -0.2) is 9.37 Å². The number of nitrogen functional groups attached to an aromatic ring is 1. The summed E-state index contributed by atoms with van der Waals surface area (Å²) < 4.78 is 15.4. The van der Waals surface area contributed by atoms with Crippen LogP contribution in [0.1, 0.15) is 11.3 Å². The van der Waals surface area contributed by atoms with E-state index in [2.05, 4.69) is 10.1 Å². The van der Waals surface area contributed by atoms with E-state index in [0.29, 0.717) is 17.0 Å². The summed E-state index contributed by atoms with van der Waals surface area (Å²) in [5.41, 5.74) is 9.52. The third kappa shape index (κ3) is 3.15. The van der Waals surface area contributed by atoms with Gasteiger partial charge in [-0.15, -0.1) is 23.7 Å². The fraction of sp³-hybridized carbons (Fsp3) is 0.0714. The third-order valence-electron chi connectivity index (χ3n) is 3.03. The van der Waals surface area contributed by atoms with Crippen LogP contribution in [0, 0.1) is 11.2 Å². The van der Waals surface area contributed by atoms with Crippen molar-refractivity contribution in [3.05, 3.63) is 58.3 Å². The second kappa shape index (κ2) is 6.67. The van der Waals surface area contributed by atoms with Crippen LogP contribution in [0.15, 0.2) is 41.2 Å². The van der Waals surface area contributed by atoms with Crippen LogP contribution in [-0.4, -0.2) is 20.6 Å². The van der Waals surface area contributed by atoms with Gasteiger partial charge in [0.25, 0.3) is 0 Å².